The smallest absolute Gasteiger partial charge is 0.136 e. The molecule has 0 aliphatic rings. The van der Waals surface area contributed by atoms with E-state index in [4.69, 9.17) is 11.6 Å². The third kappa shape index (κ3) is 3.97. The lowest BCUT2D eigenvalue weighted by molar-refractivity contribution is 0.856. The molecule has 0 saturated heterocycles. The average molecular weight is 307 g/mol. The van der Waals surface area contributed by atoms with Gasteiger partial charge in [0.05, 0.1) is 0 Å². The lowest BCUT2D eigenvalue weighted by Gasteiger charge is -2.09. The van der Waals surface area contributed by atoms with E-state index in [9.17, 15) is 0 Å². The van der Waals surface area contributed by atoms with E-state index in [0.717, 1.165) is 29.2 Å². The van der Waals surface area contributed by atoms with Crippen molar-refractivity contribution in [3.05, 3.63) is 51.9 Å². The molecule has 1 aromatic carbocycles. The van der Waals surface area contributed by atoms with Crippen molar-refractivity contribution < 1.29 is 0 Å². The minimum atomic E-state index is 0.588. The molecular formula is C16H19ClN2S. The molecule has 2 aromatic rings. The quantitative estimate of drug-likeness (QED) is 0.575. The van der Waals surface area contributed by atoms with Crippen molar-refractivity contribution in [3.8, 4) is 0 Å². The van der Waals surface area contributed by atoms with Crippen molar-refractivity contribution in [2.24, 2.45) is 0 Å². The zero-order valence-electron chi connectivity index (χ0n) is 12.1. The SMILES string of the molecule is CCCc1c(Cl)ncnc1SCc1cc(C)cc(C)c1. The second-order valence-corrected chi connectivity index (χ2v) is 6.30. The molecule has 0 spiro atoms. The first-order chi connectivity index (χ1) is 9.60. The molecule has 2 nitrogen and oxygen atoms in total. The Labute approximate surface area is 130 Å². The highest BCUT2D eigenvalue weighted by atomic mass is 35.5. The van der Waals surface area contributed by atoms with Crippen molar-refractivity contribution in [1.29, 1.82) is 0 Å². The normalized spacial score (nSPS) is 10.8. The molecule has 20 heavy (non-hydrogen) atoms. The van der Waals surface area contributed by atoms with E-state index < -0.39 is 0 Å². The first kappa shape index (κ1) is 15.3. The van der Waals surface area contributed by atoms with Gasteiger partial charge in [0, 0.05) is 11.3 Å². The minimum Gasteiger partial charge on any atom is -0.230 e. The van der Waals surface area contributed by atoms with Gasteiger partial charge < -0.3 is 0 Å². The van der Waals surface area contributed by atoms with Crippen molar-refractivity contribution in [2.75, 3.05) is 0 Å². The van der Waals surface area contributed by atoms with Gasteiger partial charge in [-0.25, -0.2) is 9.97 Å². The van der Waals surface area contributed by atoms with Crippen molar-refractivity contribution >= 4 is 23.4 Å². The molecular weight excluding hydrogens is 288 g/mol. The Kier molecular flexibility index (Phi) is 5.44. The highest BCUT2D eigenvalue weighted by molar-refractivity contribution is 7.98. The Bertz CT molecular complexity index is 579. The van der Waals surface area contributed by atoms with Gasteiger partial charge in [0.15, 0.2) is 0 Å². The molecule has 0 atom stereocenters. The van der Waals surface area contributed by atoms with Crippen LogP contribution in [0.15, 0.2) is 29.6 Å². The lowest BCUT2D eigenvalue weighted by atomic mass is 10.1. The summed E-state index contributed by atoms with van der Waals surface area (Å²) in [5.74, 6) is 0.909. The third-order valence-corrected chi connectivity index (χ3v) is 4.44. The summed E-state index contributed by atoms with van der Waals surface area (Å²) in [6.45, 7) is 6.40. The van der Waals surface area contributed by atoms with Crippen LogP contribution in [0.25, 0.3) is 0 Å². The van der Waals surface area contributed by atoms with Crippen LogP contribution in [0, 0.1) is 13.8 Å². The van der Waals surface area contributed by atoms with Crippen LogP contribution in [0.4, 0.5) is 0 Å². The molecule has 1 aromatic heterocycles. The molecule has 0 radical (unpaired) electrons. The average Bonchev–Trinajstić information content (AvgIpc) is 2.38. The van der Waals surface area contributed by atoms with Gasteiger partial charge in [0.1, 0.15) is 16.5 Å². The van der Waals surface area contributed by atoms with E-state index in [0.29, 0.717) is 5.15 Å². The summed E-state index contributed by atoms with van der Waals surface area (Å²) in [7, 11) is 0. The number of thioether (sulfide) groups is 1. The number of hydrogen-bond donors (Lipinski definition) is 0. The van der Waals surface area contributed by atoms with Gasteiger partial charge in [0.2, 0.25) is 0 Å². The molecule has 2 rings (SSSR count). The lowest BCUT2D eigenvalue weighted by Crippen LogP contribution is -1.96. The van der Waals surface area contributed by atoms with Gasteiger partial charge >= 0.3 is 0 Å². The fourth-order valence-corrected chi connectivity index (χ4v) is 3.51. The van der Waals surface area contributed by atoms with Gasteiger partial charge in [-0.2, -0.15) is 0 Å². The number of benzene rings is 1. The van der Waals surface area contributed by atoms with Crippen molar-refractivity contribution in [1.82, 2.24) is 9.97 Å². The molecule has 0 saturated carbocycles. The zero-order chi connectivity index (χ0) is 14.5. The molecule has 0 N–H and O–H groups in total. The van der Waals surface area contributed by atoms with Crippen LogP contribution in [0.2, 0.25) is 5.15 Å². The first-order valence-electron chi connectivity index (χ1n) is 6.79. The van der Waals surface area contributed by atoms with Gasteiger partial charge in [-0.15, -0.1) is 11.8 Å². The number of nitrogens with zero attached hydrogens (tertiary/aromatic N) is 2. The minimum absolute atomic E-state index is 0.588. The molecule has 4 heteroatoms. The molecule has 0 amide bonds. The van der Waals surface area contributed by atoms with E-state index >= 15 is 0 Å². The Morgan fingerprint density at radius 2 is 1.80 bits per heavy atom. The second kappa shape index (κ2) is 7.09. The fraction of sp³-hybridized carbons (Fsp3) is 0.375. The fourth-order valence-electron chi connectivity index (χ4n) is 2.26. The van der Waals surface area contributed by atoms with Gasteiger partial charge in [-0.1, -0.05) is 54.3 Å². The van der Waals surface area contributed by atoms with Gasteiger partial charge in [-0.05, 0) is 25.8 Å². The van der Waals surface area contributed by atoms with Crippen LogP contribution in [0.5, 0.6) is 0 Å². The number of rotatable bonds is 5. The highest BCUT2D eigenvalue weighted by Crippen LogP contribution is 2.29. The van der Waals surface area contributed by atoms with Crippen LogP contribution in [0.3, 0.4) is 0 Å². The summed E-state index contributed by atoms with van der Waals surface area (Å²) >= 11 is 7.91. The van der Waals surface area contributed by atoms with E-state index in [2.05, 4.69) is 48.9 Å². The summed E-state index contributed by atoms with van der Waals surface area (Å²) in [6, 6.07) is 6.64. The maximum Gasteiger partial charge on any atom is 0.136 e. The summed E-state index contributed by atoms with van der Waals surface area (Å²) in [5.41, 5.74) is 5.00. The molecule has 106 valence electrons. The van der Waals surface area contributed by atoms with Crippen LogP contribution in [-0.2, 0) is 12.2 Å². The predicted octanol–water partition coefficient (Wildman–Crippen LogP) is 4.99. The summed E-state index contributed by atoms with van der Waals surface area (Å²) in [6.07, 6.45) is 3.52. The molecule has 0 aliphatic heterocycles. The molecule has 1 heterocycles. The Morgan fingerprint density at radius 3 is 2.45 bits per heavy atom. The standard InChI is InChI=1S/C16H19ClN2S/c1-4-5-14-15(17)18-10-19-16(14)20-9-13-7-11(2)6-12(3)8-13/h6-8,10H,4-5,9H2,1-3H3. The summed E-state index contributed by atoms with van der Waals surface area (Å²) < 4.78 is 0. The highest BCUT2D eigenvalue weighted by Gasteiger charge is 2.10. The topological polar surface area (TPSA) is 25.8 Å². The van der Waals surface area contributed by atoms with Crippen molar-refractivity contribution in [3.63, 3.8) is 0 Å². The molecule has 0 unspecified atom stereocenters. The Balaban J connectivity index is 2.16. The third-order valence-electron chi connectivity index (χ3n) is 3.01. The van der Waals surface area contributed by atoms with Crippen LogP contribution in [-0.4, -0.2) is 9.97 Å². The largest absolute Gasteiger partial charge is 0.230 e. The Morgan fingerprint density at radius 1 is 1.10 bits per heavy atom. The molecule has 0 aliphatic carbocycles. The van der Waals surface area contributed by atoms with E-state index in [1.165, 1.54) is 16.7 Å². The number of aryl methyl sites for hydroxylation is 2. The summed E-state index contributed by atoms with van der Waals surface area (Å²) in [4.78, 5) is 8.47. The van der Waals surface area contributed by atoms with Crippen LogP contribution in [0.1, 0.15) is 35.6 Å². The van der Waals surface area contributed by atoms with E-state index in [-0.39, 0.29) is 0 Å². The van der Waals surface area contributed by atoms with E-state index in [1.54, 1.807) is 18.1 Å². The second-order valence-electron chi connectivity index (χ2n) is 4.98. The maximum atomic E-state index is 6.18. The number of halogens is 1. The predicted molar refractivity (Wildman–Crippen MR) is 86.5 cm³/mol. The monoisotopic (exact) mass is 306 g/mol. The maximum absolute atomic E-state index is 6.18. The van der Waals surface area contributed by atoms with Crippen molar-refractivity contribution in [2.45, 2.75) is 44.4 Å². The summed E-state index contributed by atoms with van der Waals surface area (Å²) in [5, 5.41) is 1.59. The van der Waals surface area contributed by atoms with Gasteiger partial charge in [-0.3, -0.25) is 0 Å². The van der Waals surface area contributed by atoms with Gasteiger partial charge in [0.25, 0.3) is 0 Å². The molecule has 0 bridgehead atoms. The number of hydrogen-bond acceptors (Lipinski definition) is 3. The molecule has 0 fully saturated rings. The first-order valence-corrected chi connectivity index (χ1v) is 8.16. The van der Waals surface area contributed by atoms with Crippen LogP contribution >= 0.6 is 23.4 Å². The van der Waals surface area contributed by atoms with E-state index in [1.807, 2.05) is 0 Å². The van der Waals surface area contributed by atoms with Crippen LogP contribution < -0.4 is 0 Å². The number of aromatic nitrogens is 2. The zero-order valence-corrected chi connectivity index (χ0v) is 13.7. The Hall–Kier alpha value is -1.06.